The van der Waals surface area contributed by atoms with Crippen molar-refractivity contribution in [1.82, 2.24) is 0 Å². The number of rotatable bonds is 3. The zero-order valence-corrected chi connectivity index (χ0v) is 22.5. The van der Waals surface area contributed by atoms with Crippen molar-refractivity contribution in [3.63, 3.8) is 0 Å². The maximum atomic E-state index is 11.4. The van der Waals surface area contributed by atoms with Crippen LogP contribution in [0.2, 0.25) is 0 Å². The molecule has 4 N–H and O–H groups in total. The Morgan fingerprint density at radius 2 is 1.05 bits per heavy atom. The van der Waals surface area contributed by atoms with E-state index in [2.05, 4.69) is 43.0 Å². The molecule has 0 aliphatic heterocycles. The molecule has 200 valence electrons. The van der Waals surface area contributed by atoms with Crippen LogP contribution in [0.5, 0.6) is 23.0 Å². The Kier molecular flexibility index (Phi) is 5.28. The van der Waals surface area contributed by atoms with Crippen LogP contribution in [-0.4, -0.2) is 20.4 Å². The Labute approximate surface area is 235 Å². The summed E-state index contributed by atoms with van der Waals surface area (Å²) in [5.41, 5.74) is 5.41. The summed E-state index contributed by atoms with van der Waals surface area (Å²) in [6.45, 7) is 7.41. The quantitative estimate of drug-likeness (QED) is 0.102. The topological polar surface area (TPSA) is 94.1 Å². The van der Waals surface area contributed by atoms with Crippen LogP contribution in [0.1, 0.15) is 16.7 Å². The average Bonchev–Trinajstić information content (AvgIpc) is 3.40. The SMILES string of the molecule is C=Cc1c(O)c(O)c2oc3c(-c4c5ccccc5c(-c5ccccc5)c5ccccc45)c(C)c(C)c(O)c3c2c1O. The molecule has 0 saturated carbocycles. The van der Waals surface area contributed by atoms with Crippen molar-refractivity contribution in [2.75, 3.05) is 0 Å². The van der Waals surface area contributed by atoms with Crippen LogP contribution in [0.3, 0.4) is 0 Å². The molecule has 0 unspecified atom stereocenters. The minimum Gasteiger partial charge on any atom is -0.507 e. The Hall–Kier alpha value is -5.42. The van der Waals surface area contributed by atoms with E-state index in [0.717, 1.165) is 49.4 Å². The first-order valence-electron chi connectivity index (χ1n) is 13.3. The number of furan rings is 1. The number of benzene rings is 6. The molecule has 0 spiro atoms. The largest absolute Gasteiger partial charge is 0.507 e. The highest BCUT2D eigenvalue weighted by molar-refractivity contribution is 6.26. The van der Waals surface area contributed by atoms with Crippen molar-refractivity contribution in [1.29, 1.82) is 0 Å². The van der Waals surface area contributed by atoms with E-state index in [-0.39, 0.29) is 33.4 Å². The normalized spacial score (nSPS) is 11.7. The van der Waals surface area contributed by atoms with Crippen molar-refractivity contribution in [2.24, 2.45) is 0 Å². The van der Waals surface area contributed by atoms with E-state index in [0.29, 0.717) is 11.1 Å². The van der Waals surface area contributed by atoms with Gasteiger partial charge in [0.15, 0.2) is 11.3 Å². The summed E-state index contributed by atoms with van der Waals surface area (Å²) >= 11 is 0. The molecule has 7 rings (SSSR count). The van der Waals surface area contributed by atoms with Gasteiger partial charge in [-0.2, -0.15) is 0 Å². The third kappa shape index (κ3) is 3.23. The van der Waals surface area contributed by atoms with Crippen LogP contribution in [0.15, 0.2) is 89.9 Å². The van der Waals surface area contributed by atoms with Crippen molar-refractivity contribution >= 4 is 49.6 Å². The Morgan fingerprint density at radius 3 is 1.61 bits per heavy atom. The van der Waals surface area contributed by atoms with Crippen LogP contribution in [0, 0.1) is 13.8 Å². The van der Waals surface area contributed by atoms with E-state index in [4.69, 9.17) is 4.42 Å². The molecule has 0 aliphatic rings. The zero-order valence-electron chi connectivity index (χ0n) is 22.5. The highest BCUT2D eigenvalue weighted by atomic mass is 16.4. The number of hydrogen-bond donors (Lipinski definition) is 4. The second-order valence-electron chi connectivity index (χ2n) is 10.4. The van der Waals surface area contributed by atoms with E-state index in [1.165, 1.54) is 6.08 Å². The molecule has 0 saturated heterocycles. The van der Waals surface area contributed by atoms with E-state index >= 15 is 0 Å². The van der Waals surface area contributed by atoms with Crippen molar-refractivity contribution in [3.05, 3.63) is 102 Å². The van der Waals surface area contributed by atoms with Gasteiger partial charge in [0.25, 0.3) is 0 Å². The van der Waals surface area contributed by atoms with Gasteiger partial charge < -0.3 is 24.8 Å². The molecule has 0 amide bonds. The van der Waals surface area contributed by atoms with E-state index < -0.39 is 11.5 Å². The van der Waals surface area contributed by atoms with Crippen molar-refractivity contribution in [2.45, 2.75) is 13.8 Å². The molecule has 41 heavy (non-hydrogen) atoms. The summed E-state index contributed by atoms with van der Waals surface area (Å²) in [5.74, 6) is -1.46. The number of aromatic hydroxyl groups is 4. The first-order chi connectivity index (χ1) is 19.8. The summed E-state index contributed by atoms with van der Waals surface area (Å²) < 4.78 is 6.30. The number of phenols is 4. The average molecular weight is 539 g/mol. The lowest BCUT2D eigenvalue weighted by Gasteiger charge is -2.20. The molecule has 0 atom stereocenters. The molecule has 5 heteroatoms. The van der Waals surface area contributed by atoms with Gasteiger partial charge >= 0.3 is 0 Å². The van der Waals surface area contributed by atoms with Gasteiger partial charge in [-0.05, 0) is 57.6 Å². The number of phenolic OH excluding ortho intramolecular Hbond substituents is 4. The van der Waals surface area contributed by atoms with Crippen molar-refractivity contribution in [3.8, 4) is 45.3 Å². The van der Waals surface area contributed by atoms with Gasteiger partial charge in [-0.25, -0.2) is 0 Å². The second-order valence-corrected chi connectivity index (χ2v) is 10.4. The Morgan fingerprint density at radius 1 is 0.537 bits per heavy atom. The minimum absolute atomic E-state index is 0.0417. The highest BCUT2D eigenvalue weighted by Crippen LogP contribution is 2.55. The summed E-state index contributed by atoms with van der Waals surface area (Å²) in [5, 5.41) is 48.6. The lowest BCUT2D eigenvalue weighted by molar-refractivity contribution is 0.395. The van der Waals surface area contributed by atoms with Gasteiger partial charge in [0.1, 0.15) is 17.1 Å². The van der Waals surface area contributed by atoms with Gasteiger partial charge in [-0.3, -0.25) is 0 Å². The summed E-state index contributed by atoms with van der Waals surface area (Å²) in [6.07, 6.45) is 1.25. The van der Waals surface area contributed by atoms with Crippen LogP contribution in [0.4, 0.5) is 0 Å². The van der Waals surface area contributed by atoms with Crippen molar-refractivity contribution < 1.29 is 24.8 Å². The molecule has 0 radical (unpaired) electrons. The molecule has 0 bridgehead atoms. The lowest BCUT2D eigenvalue weighted by Crippen LogP contribution is -1.95. The maximum absolute atomic E-state index is 11.4. The molecule has 5 nitrogen and oxygen atoms in total. The maximum Gasteiger partial charge on any atom is 0.202 e. The van der Waals surface area contributed by atoms with E-state index in [9.17, 15) is 20.4 Å². The van der Waals surface area contributed by atoms with Gasteiger partial charge in [-0.15, -0.1) is 0 Å². The predicted octanol–water partition coefficient (Wildman–Crippen LogP) is 9.31. The van der Waals surface area contributed by atoms with Crippen LogP contribution in [-0.2, 0) is 0 Å². The van der Waals surface area contributed by atoms with Crippen LogP contribution in [0.25, 0.3) is 71.8 Å². The fraction of sp³-hybridized carbons (Fsp3) is 0.0556. The zero-order chi connectivity index (χ0) is 28.6. The third-order valence-corrected chi connectivity index (χ3v) is 8.30. The predicted molar refractivity (Wildman–Crippen MR) is 166 cm³/mol. The second kappa shape index (κ2) is 8.80. The van der Waals surface area contributed by atoms with Gasteiger partial charge in [0.2, 0.25) is 5.75 Å². The minimum atomic E-state index is -0.540. The molecule has 6 aromatic carbocycles. The summed E-state index contributed by atoms with van der Waals surface area (Å²) in [7, 11) is 0. The summed E-state index contributed by atoms with van der Waals surface area (Å²) in [4.78, 5) is 0. The fourth-order valence-corrected chi connectivity index (χ4v) is 6.24. The Balaban J connectivity index is 1.75. The van der Waals surface area contributed by atoms with Gasteiger partial charge in [0, 0.05) is 11.1 Å². The van der Waals surface area contributed by atoms with E-state index in [1.54, 1.807) is 0 Å². The summed E-state index contributed by atoms with van der Waals surface area (Å²) in [6, 6.07) is 26.7. The molecule has 0 aliphatic carbocycles. The molecular formula is C36H26O5. The molecule has 7 aromatic rings. The molecular weight excluding hydrogens is 512 g/mol. The highest BCUT2D eigenvalue weighted by Gasteiger charge is 2.29. The number of fused-ring (bicyclic) bond motifs is 5. The third-order valence-electron chi connectivity index (χ3n) is 8.30. The first-order valence-corrected chi connectivity index (χ1v) is 13.3. The molecule has 1 heterocycles. The van der Waals surface area contributed by atoms with Crippen LogP contribution < -0.4 is 0 Å². The number of hydrogen-bond acceptors (Lipinski definition) is 5. The standard InChI is InChI=1S/C36H26O5/c1-4-21-32(38)30-29-31(37)19(3)18(2)26(35(29)41-36(30)34(40)33(21)39)28-24-16-10-8-14-22(24)27(20-12-6-5-7-13-20)23-15-9-11-17-25(23)28/h4-17,37-40H,1H2,2-3H3. The van der Waals surface area contributed by atoms with Gasteiger partial charge in [0.05, 0.1) is 16.3 Å². The lowest BCUT2D eigenvalue weighted by atomic mass is 9.83. The van der Waals surface area contributed by atoms with E-state index in [1.807, 2.05) is 56.3 Å². The van der Waals surface area contributed by atoms with Crippen LogP contribution >= 0.6 is 0 Å². The van der Waals surface area contributed by atoms with Gasteiger partial charge in [-0.1, -0.05) is 91.5 Å². The molecule has 0 fully saturated rings. The first kappa shape index (κ1) is 24.6. The fourth-order valence-electron chi connectivity index (χ4n) is 6.24. The monoisotopic (exact) mass is 538 g/mol. The Bertz CT molecular complexity index is 2170. The smallest absolute Gasteiger partial charge is 0.202 e. The molecule has 1 aromatic heterocycles.